The van der Waals surface area contributed by atoms with Gasteiger partial charge in [0.25, 0.3) is 5.91 Å². The zero-order valence-electron chi connectivity index (χ0n) is 15.9. The maximum Gasteiger partial charge on any atom is 0.392 e. The molecule has 0 N–H and O–H groups in total. The fourth-order valence-electron chi connectivity index (χ4n) is 3.96. The molecule has 1 aromatic rings. The highest BCUT2D eigenvalue weighted by Crippen LogP contribution is 2.27. The van der Waals surface area contributed by atoms with Gasteiger partial charge in [0.2, 0.25) is 11.9 Å². The van der Waals surface area contributed by atoms with Gasteiger partial charge in [0.1, 0.15) is 5.82 Å². The zero-order valence-corrected chi connectivity index (χ0v) is 16.6. The number of hydrogen-bond donors (Lipinski definition) is 0. The molecule has 4 rings (SSSR count). The molecule has 0 aromatic heterocycles. The van der Waals surface area contributed by atoms with Crippen LogP contribution < -0.4 is 0 Å². The fraction of sp³-hybridized carbons (Fsp3) is 0.474. The molecule has 0 saturated carbocycles. The summed E-state index contributed by atoms with van der Waals surface area (Å²) in [4.78, 5) is 34.9. The molecule has 3 amide bonds. The number of likely N-dealkylation sites (N-methyl/N-ethyl adjacent to an activating group) is 2. The number of carbonyl (C=O) groups excluding carboxylic acids is 2. The third-order valence-electron chi connectivity index (χ3n) is 5.54. The van der Waals surface area contributed by atoms with Gasteiger partial charge in [-0.1, -0.05) is 22.7 Å². The molecule has 2 fully saturated rings. The molecule has 0 spiro atoms. The molecule has 1 atom stereocenters. The molecule has 9 heteroatoms. The number of amidine groups is 1. The summed E-state index contributed by atoms with van der Waals surface area (Å²) < 4.78 is 16.4. The van der Waals surface area contributed by atoms with Crippen molar-refractivity contribution < 1.29 is 18.6 Å². The lowest BCUT2D eigenvalue weighted by atomic mass is 10.1. The van der Waals surface area contributed by atoms with E-state index in [4.69, 9.17) is 11.6 Å². The summed E-state index contributed by atoms with van der Waals surface area (Å²) in [5.74, 6) is 0.152. The number of fused-ring (bicyclic) bond motifs is 1. The molecular weight excluding hydrogens is 385 g/mol. The highest BCUT2D eigenvalue weighted by Gasteiger charge is 2.54. The molecular formula is C19H22ClFN5O2+. The Kier molecular flexibility index (Phi) is 4.82. The Bertz CT molecular complexity index is 887. The lowest BCUT2D eigenvalue weighted by Gasteiger charge is -2.34. The summed E-state index contributed by atoms with van der Waals surface area (Å²) in [6, 6.07) is 3.06. The Hall–Kier alpha value is -2.48. The molecule has 3 heterocycles. The maximum absolute atomic E-state index is 14.2. The molecule has 148 valence electrons. The number of piperidine rings is 1. The smallest absolute Gasteiger partial charge is 0.270 e. The zero-order chi connectivity index (χ0) is 20.0. The summed E-state index contributed by atoms with van der Waals surface area (Å²) in [5.41, 5.74) is 0.125. The minimum atomic E-state index is -0.704. The van der Waals surface area contributed by atoms with Crippen LogP contribution >= 0.6 is 11.6 Å². The number of halogens is 2. The van der Waals surface area contributed by atoms with Crippen molar-refractivity contribution in [1.29, 1.82) is 0 Å². The van der Waals surface area contributed by atoms with Crippen LogP contribution in [0.4, 0.5) is 9.18 Å². The van der Waals surface area contributed by atoms with E-state index in [0.29, 0.717) is 11.8 Å². The van der Waals surface area contributed by atoms with Crippen LogP contribution in [0.25, 0.3) is 0 Å². The first-order valence-electron chi connectivity index (χ1n) is 9.35. The number of guanidine groups is 1. The van der Waals surface area contributed by atoms with Crippen LogP contribution in [0.15, 0.2) is 23.2 Å². The van der Waals surface area contributed by atoms with E-state index in [9.17, 15) is 14.0 Å². The van der Waals surface area contributed by atoms with E-state index in [1.165, 1.54) is 23.5 Å². The van der Waals surface area contributed by atoms with Crippen LogP contribution in [0.2, 0.25) is 5.02 Å². The third kappa shape index (κ3) is 2.96. The summed E-state index contributed by atoms with van der Waals surface area (Å²) in [5, 5.41) is 0.183. The Morgan fingerprint density at radius 1 is 1.21 bits per heavy atom. The van der Waals surface area contributed by atoms with Crippen LogP contribution in [-0.4, -0.2) is 76.2 Å². The van der Waals surface area contributed by atoms with E-state index in [1.807, 2.05) is 4.90 Å². The van der Waals surface area contributed by atoms with Crippen molar-refractivity contribution in [1.82, 2.24) is 14.7 Å². The second-order valence-corrected chi connectivity index (χ2v) is 7.70. The summed E-state index contributed by atoms with van der Waals surface area (Å²) in [7, 11) is 3.39. The van der Waals surface area contributed by atoms with E-state index in [2.05, 4.69) is 9.57 Å². The standard InChI is InChI=1S/C19H22ClFN5O2/c1-23-15-16(22-18(23)25-9-4-3-5-10-25)24(2)19(28)26(17(15)27)11-12-13(20)7-6-8-14(12)21/h6-8,15H,3-5,9-11H2,1-2H3/q+1. The first-order valence-corrected chi connectivity index (χ1v) is 9.73. The van der Waals surface area contributed by atoms with Crippen molar-refractivity contribution in [2.45, 2.75) is 31.8 Å². The number of benzene rings is 1. The molecule has 7 nitrogen and oxygen atoms in total. The average Bonchev–Trinajstić information content (AvgIpc) is 3.04. The van der Waals surface area contributed by atoms with Gasteiger partial charge in [-0.05, 0) is 31.4 Å². The quantitative estimate of drug-likeness (QED) is 0.707. The predicted molar refractivity (Wildman–Crippen MR) is 103 cm³/mol. The average molecular weight is 407 g/mol. The molecule has 0 aliphatic carbocycles. The Morgan fingerprint density at radius 2 is 1.93 bits per heavy atom. The van der Waals surface area contributed by atoms with Gasteiger partial charge >= 0.3 is 12.0 Å². The lowest BCUT2D eigenvalue weighted by Crippen LogP contribution is -2.63. The molecule has 28 heavy (non-hydrogen) atoms. The number of carbonyl (C=O) groups is 2. The number of urea groups is 1. The van der Waals surface area contributed by atoms with Gasteiger partial charge in [0.05, 0.1) is 26.7 Å². The first kappa shape index (κ1) is 18.9. The topological polar surface area (TPSA) is 59.2 Å². The lowest BCUT2D eigenvalue weighted by molar-refractivity contribution is -0.542. The van der Waals surface area contributed by atoms with E-state index >= 15 is 0 Å². The minimum absolute atomic E-state index is 0.125. The molecule has 0 bridgehead atoms. The molecule has 0 radical (unpaired) electrons. The van der Waals surface area contributed by atoms with Crippen molar-refractivity contribution in [3.63, 3.8) is 0 Å². The van der Waals surface area contributed by atoms with Gasteiger partial charge in [-0.2, -0.15) is 0 Å². The van der Waals surface area contributed by atoms with Gasteiger partial charge < -0.3 is 0 Å². The van der Waals surface area contributed by atoms with Crippen molar-refractivity contribution >= 4 is 35.3 Å². The number of rotatable bonds is 2. The number of nitrogens with zero attached hydrogens (tertiary/aromatic N) is 5. The van der Waals surface area contributed by atoms with Crippen LogP contribution in [0.1, 0.15) is 24.8 Å². The van der Waals surface area contributed by atoms with E-state index < -0.39 is 23.8 Å². The maximum atomic E-state index is 14.2. The number of imide groups is 1. The highest BCUT2D eigenvalue weighted by atomic mass is 35.5. The van der Waals surface area contributed by atoms with Crippen molar-refractivity contribution in [2.75, 3.05) is 27.2 Å². The first-order chi connectivity index (χ1) is 13.4. The highest BCUT2D eigenvalue weighted by molar-refractivity contribution is 6.31. The summed E-state index contributed by atoms with van der Waals surface area (Å²) >= 11 is 6.10. The van der Waals surface area contributed by atoms with Crippen LogP contribution in [0, 0.1) is 5.82 Å². The number of hydrogen-bond acceptors (Lipinski definition) is 2. The van der Waals surface area contributed by atoms with Crippen molar-refractivity contribution in [3.05, 3.63) is 34.6 Å². The van der Waals surface area contributed by atoms with E-state index in [0.717, 1.165) is 30.8 Å². The van der Waals surface area contributed by atoms with Gasteiger partial charge in [0.15, 0.2) is 0 Å². The Balaban J connectivity index is 1.68. The van der Waals surface area contributed by atoms with Gasteiger partial charge in [-0.3, -0.25) is 19.2 Å². The Labute approximate surface area is 167 Å². The molecule has 1 unspecified atom stereocenters. The van der Waals surface area contributed by atoms with E-state index in [1.54, 1.807) is 20.2 Å². The second-order valence-electron chi connectivity index (χ2n) is 7.30. The largest absolute Gasteiger partial charge is 0.392 e. The van der Waals surface area contributed by atoms with Crippen LogP contribution in [0.5, 0.6) is 0 Å². The Morgan fingerprint density at radius 3 is 2.61 bits per heavy atom. The van der Waals surface area contributed by atoms with Gasteiger partial charge in [-0.15, -0.1) is 0 Å². The van der Waals surface area contributed by atoms with Gasteiger partial charge in [-0.25, -0.2) is 14.1 Å². The van der Waals surface area contributed by atoms with Crippen molar-refractivity contribution in [3.8, 4) is 0 Å². The third-order valence-corrected chi connectivity index (χ3v) is 5.89. The summed E-state index contributed by atoms with van der Waals surface area (Å²) in [6.45, 7) is 1.54. The SMILES string of the molecule is CN1C(=O)N(Cc2c(F)cccc2Cl)C(=O)C2C1=NC(=[N+]1CCCCC1)N2C. The number of amides is 3. The van der Waals surface area contributed by atoms with Crippen LogP contribution in [-0.2, 0) is 11.3 Å². The van der Waals surface area contributed by atoms with Crippen molar-refractivity contribution in [2.24, 2.45) is 4.99 Å². The fourth-order valence-corrected chi connectivity index (χ4v) is 4.18. The van der Waals surface area contributed by atoms with E-state index in [-0.39, 0.29) is 17.1 Å². The molecule has 3 aliphatic heterocycles. The van der Waals surface area contributed by atoms with Crippen LogP contribution in [0.3, 0.4) is 0 Å². The minimum Gasteiger partial charge on any atom is -0.270 e. The molecule has 3 aliphatic rings. The predicted octanol–water partition coefficient (Wildman–Crippen LogP) is 2.14. The monoisotopic (exact) mass is 406 g/mol. The molecule has 1 aromatic carbocycles. The number of aliphatic imine (C=N–C) groups is 1. The van der Waals surface area contributed by atoms with Gasteiger partial charge in [0, 0.05) is 17.6 Å². The normalized spacial score (nSPS) is 22.8. The second kappa shape index (κ2) is 7.16. The molecule has 2 saturated heterocycles. The summed E-state index contributed by atoms with van der Waals surface area (Å²) in [6.07, 6.45) is 3.34.